The lowest BCUT2D eigenvalue weighted by Crippen LogP contribution is -2.39. The van der Waals surface area contributed by atoms with Crippen LogP contribution in [0.1, 0.15) is 30.1 Å². The van der Waals surface area contributed by atoms with Gasteiger partial charge in [0, 0.05) is 39.8 Å². The average molecular weight is 339 g/mol. The quantitative estimate of drug-likeness (QED) is 0.840. The van der Waals surface area contributed by atoms with Gasteiger partial charge in [-0.2, -0.15) is 12.7 Å². The van der Waals surface area contributed by atoms with Crippen molar-refractivity contribution in [1.82, 2.24) is 9.21 Å². The van der Waals surface area contributed by atoms with E-state index in [-0.39, 0.29) is 5.91 Å². The normalized spacial score (nSPS) is 19.0. The fourth-order valence-corrected chi connectivity index (χ4v) is 3.63. The number of carbonyl (C=O) groups is 1. The van der Waals surface area contributed by atoms with E-state index in [9.17, 15) is 13.2 Å². The Morgan fingerprint density at radius 2 is 1.78 bits per heavy atom. The summed E-state index contributed by atoms with van der Waals surface area (Å²) in [5.41, 5.74) is 1.13. The maximum atomic E-state index is 12.5. The first-order valence-electron chi connectivity index (χ1n) is 7.79. The second kappa shape index (κ2) is 6.88. The lowest BCUT2D eigenvalue weighted by Gasteiger charge is -2.31. The SMILES string of the molecule is CC1CCCN(C(=O)c2ccc(N(C)S(=O)(=O)N(C)C)cc2)C1. The van der Waals surface area contributed by atoms with Gasteiger partial charge in [-0.15, -0.1) is 0 Å². The average Bonchev–Trinajstić information content (AvgIpc) is 2.53. The summed E-state index contributed by atoms with van der Waals surface area (Å²) < 4.78 is 26.6. The topological polar surface area (TPSA) is 60.9 Å². The second-order valence-corrected chi connectivity index (χ2v) is 8.48. The Kier molecular flexibility index (Phi) is 5.31. The fraction of sp³-hybridized carbons (Fsp3) is 0.562. The molecule has 0 radical (unpaired) electrons. The number of hydrogen-bond donors (Lipinski definition) is 0. The molecule has 0 saturated carbocycles. The number of anilines is 1. The highest BCUT2D eigenvalue weighted by atomic mass is 32.2. The van der Waals surface area contributed by atoms with E-state index < -0.39 is 10.2 Å². The van der Waals surface area contributed by atoms with Crippen LogP contribution in [0.2, 0.25) is 0 Å². The van der Waals surface area contributed by atoms with Crippen LogP contribution >= 0.6 is 0 Å². The predicted molar refractivity (Wildman–Crippen MR) is 91.8 cm³/mol. The van der Waals surface area contributed by atoms with E-state index in [1.807, 2.05) is 4.90 Å². The number of benzene rings is 1. The third kappa shape index (κ3) is 3.84. The van der Waals surface area contributed by atoms with Gasteiger partial charge in [-0.1, -0.05) is 6.92 Å². The number of likely N-dealkylation sites (tertiary alicyclic amines) is 1. The maximum Gasteiger partial charge on any atom is 0.303 e. The van der Waals surface area contributed by atoms with Gasteiger partial charge in [-0.25, -0.2) is 0 Å². The molecule has 1 aliphatic heterocycles. The van der Waals surface area contributed by atoms with Crippen LogP contribution in [0.5, 0.6) is 0 Å². The molecule has 0 aliphatic carbocycles. The van der Waals surface area contributed by atoms with Gasteiger partial charge < -0.3 is 4.90 Å². The van der Waals surface area contributed by atoms with Gasteiger partial charge >= 0.3 is 10.2 Å². The van der Waals surface area contributed by atoms with E-state index in [0.717, 1.165) is 30.2 Å². The molecule has 0 bridgehead atoms. The molecular formula is C16H25N3O3S. The third-order valence-electron chi connectivity index (χ3n) is 4.23. The van der Waals surface area contributed by atoms with Crippen molar-refractivity contribution in [2.75, 3.05) is 38.5 Å². The molecule has 1 heterocycles. The smallest absolute Gasteiger partial charge is 0.303 e. The molecule has 1 aromatic rings. The van der Waals surface area contributed by atoms with E-state index in [0.29, 0.717) is 17.2 Å². The first-order valence-corrected chi connectivity index (χ1v) is 9.19. The first-order chi connectivity index (χ1) is 10.7. The summed E-state index contributed by atoms with van der Waals surface area (Å²) in [6.45, 7) is 3.74. The monoisotopic (exact) mass is 339 g/mol. The molecule has 1 aliphatic rings. The van der Waals surface area contributed by atoms with Gasteiger partial charge in [0.05, 0.1) is 5.69 Å². The maximum absolute atomic E-state index is 12.5. The Morgan fingerprint density at radius 1 is 1.17 bits per heavy atom. The highest BCUT2D eigenvalue weighted by molar-refractivity contribution is 7.90. The minimum atomic E-state index is -3.52. The summed E-state index contributed by atoms with van der Waals surface area (Å²) >= 11 is 0. The molecule has 1 unspecified atom stereocenters. The van der Waals surface area contributed by atoms with Gasteiger partial charge in [0.2, 0.25) is 0 Å². The van der Waals surface area contributed by atoms with Crippen molar-refractivity contribution in [3.63, 3.8) is 0 Å². The van der Waals surface area contributed by atoms with E-state index in [4.69, 9.17) is 0 Å². The first kappa shape index (κ1) is 17.7. The van der Waals surface area contributed by atoms with Gasteiger partial charge in [-0.05, 0) is 43.0 Å². The molecule has 0 N–H and O–H groups in total. The summed E-state index contributed by atoms with van der Waals surface area (Å²) in [4.78, 5) is 14.4. The summed E-state index contributed by atoms with van der Waals surface area (Å²) in [6.07, 6.45) is 2.20. The number of carbonyl (C=O) groups excluding carboxylic acids is 1. The minimum absolute atomic E-state index is 0.0150. The van der Waals surface area contributed by atoms with Crippen LogP contribution in [0, 0.1) is 5.92 Å². The van der Waals surface area contributed by atoms with Crippen molar-refractivity contribution in [3.8, 4) is 0 Å². The van der Waals surface area contributed by atoms with E-state index in [2.05, 4.69) is 6.92 Å². The number of nitrogens with zero attached hydrogens (tertiary/aromatic N) is 3. The van der Waals surface area contributed by atoms with E-state index in [1.165, 1.54) is 25.4 Å². The molecule has 23 heavy (non-hydrogen) atoms. The van der Waals surface area contributed by atoms with Crippen LogP contribution in [0.4, 0.5) is 5.69 Å². The Balaban J connectivity index is 2.15. The lowest BCUT2D eigenvalue weighted by molar-refractivity contribution is 0.0683. The zero-order chi connectivity index (χ0) is 17.2. The zero-order valence-corrected chi connectivity index (χ0v) is 15.0. The van der Waals surface area contributed by atoms with Crippen LogP contribution in [0.25, 0.3) is 0 Å². The number of hydrogen-bond acceptors (Lipinski definition) is 3. The van der Waals surface area contributed by atoms with Crippen molar-refractivity contribution < 1.29 is 13.2 Å². The van der Waals surface area contributed by atoms with Crippen LogP contribution in [0.3, 0.4) is 0 Å². The van der Waals surface area contributed by atoms with Crippen molar-refractivity contribution in [3.05, 3.63) is 29.8 Å². The van der Waals surface area contributed by atoms with Crippen LogP contribution in [-0.4, -0.2) is 57.8 Å². The van der Waals surface area contributed by atoms with E-state index in [1.54, 1.807) is 24.3 Å². The predicted octanol–water partition coefficient (Wildman–Crippen LogP) is 1.80. The van der Waals surface area contributed by atoms with Crippen molar-refractivity contribution in [1.29, 1.82) is 0 Å². The number of piperidine rings is 1. The van der Waals surface area contributed by atoms with Gasteiger partial charge in [0.25, 0.3) is 5.91 Å². The fourth-order valence-electron chi connectivity index (χ4n) is 2.75. The van der Waals surface area contributed by atoms with Crippen LogP contribution < -0.4 is 4.31 Å². The minimum Gasteiger partial charge on any atom is -0.338 e. The van der Waals surface area contributed by atoms with E-state index >= 15 is 0 Å². The molecule has 1 amide bonds. The molecule has 1 saturated heterocycles. The molecule has 1 fully saturated rings. The van der Waals surface area contributed by atoms with Crippen molar-refractivity contribution >= 4 is 21.8 Å². The molecule has 1 aromatic carbocycles. The van der Waals surface area contributed by atoms with Crippen molar-refractivity contribution in [2.24, 2.45) is 5.92 Å². The van der Waals surface area contributed by atoms with Crippen LogP contribution in [-0.2, 0) is 10.2 Å². The lowest BCUT2D eigenvalue weighted by atomic mass is 9.99. The summed E-state index contributed by atoms with van der Waals surface area (Å²) in [7, 11) is 0.954. The third-order valence-corrected chi connectivity index (χ3v) is 6.06. The molecule has 2 rings (SSSR count). The largest absolute Gasteiger partial charge is 0.338 e. The summed E-state index contributed by atoms with van der Waals surface area (Å²) in [6, 6.07) is 6.72. The molecule has 7 heteroatoms. The standard InChI is InChI=1S/C16H25N3O3S/c1-13-6-5-11-19(12-13)16(20)14-7-9-15(10-8-14)18(4)23(21,22)17(2)3/h7-10,13H,5-6,11-12H2,1-4H3. The van der Waals surface area contributed by atoms with Gasteiger partial charge in [0.15, 0.2) is 0 Å². The number of rotatable bonds is 4. The molecule has 0 aromatic heterocycles. The van der Waals surface area contributed by atoms with Gasteiger partial charge in [0.1, 0.15) is 0 Å². The summed E-state index contributed by atoms with van der Waals surface area (Å²) in [5, 5.41) is 0. The Morgan fingerprint density at radius 3 is 2.30 bits per heavy atom. The zero-order valence-electron chi connectivity index (χ0n) is 14.2. The molecule has 6 nitrogen and oxygen atoms in total. The molecule has 1 atom stereocenters. The Labute approximate surface area is 138 Å². The molecule has 0 spiro atoms. The van der Waals surface area contributed by atoms with Gasteiger partial charge in [-0.3, -0.25) is 9.10 Å². The van der Waals surface area contributed by atoms with Crippen LogP contribution in [0.15, 0.2) is 24.3 Å². The van der Waals surface area contributed by atoms with Crippen molar-refractivity contribution in [2.45, 2.75) is 19.8 Å². The Hall–Kier alpha value is -1.60. The Bertz CT molecular complexity index is 656. The highest BCUT2D eigenvalue weighted by Gasteiger charge is 2.23. The second-order valence-electron chi connectivity index (χ2n) is 6.30. The molecule has 128 valence electrons. The highest BCUT2D eigenvalue weighted by Crippen LogP contribution is 2.21. The summed E-state index contributed by atoms with van der Waals surface area (Å²) in [5.74, 6) is 0.546. The molecular weight excluding hydrogens is 314 g/mol. The number of amides is 1.